The predicted octanol–water partition coefficient (Wildman–Crippen LogP) is 4.07. The number of aromatic amines is 1. The number of fused-ring (bicyclic) bond motifs is 3. The number of benzene rings is 2. The van der Waals surface area contributed by atoms with Gasteiger partial charge in [0.1, 0.15) is 11.3 Å². The van der Waals surface area contributed by atoms with Crippen LogP contribution in [0.4, 0.5) is 0 Å². The fourth-order valence-electron chi connectivity index (χ4n) is 2.50. The second-order valence-corrected chi connectivity index (χ2v) is 6.39. The second-order valence-electron chi connectivity index (χ2n) is 5.33. The number of H-pyrrole nitrogens is 1. The van der Waals surface area contributed by atoms with E-state index >= 15 is 0 Å². The lowest BCUT2D eigenvalue weighted by Crippen LogP contribution is -1.99. The molecule has 0 atom stereocenters. The van der Waals surface area contributed by atoms with Crippen LogP contribution in [0.15, 0.2) is 59.8 Å². The predicted molar refractivity (Wildman–Crippen MR) is 96.5 cm³/mol. The lowest BCUT2D eigenvalue weighted by Gasteiger charge is -2.04. The van der Waals surface area contributed by atoms with Gasteiger partial charge in [-0.2, -0.15) is 0 Å². The molecule has 120 valence electrons. The third-order valence-electron chi connectivity index (χ3n) is 3.63. The van der Waals surface area contributed by atoms with Crippen LogP contribution in [0.2, 0.25) is 0 Å². The SMILES string of the molecule is c1ccc(OCCCSc2nnc3c(n2)[nH]c2ccccc23)cc1. The summed E-state index contributed by atoms with van der Waals surface area (Å²) in [7, 11) is 0. The number of aromatic nitrogens is 4. The fraction of sp³-hybridized carbons (Fsp3) is 0.167. The van der Waals surface area contributed by atoms with Gasteiger partial charge in [0.15, 0.2) is 5.65 Å². The van der Waals surface area contributed by atoms with Crippen molar-refractivity contribution in [3.63, 3.8) is 0 Å². The summed E-state index contributed by atoms with van der Waals surface area (Å²) in [6.07, 6.45) is 0.924. The van der Waals surface area contributed by atoms with Crippen molar-refractivity contribution in [1.29, 1.82) is 0 Å². The van der Waals surface area contributed by atoms with Gasteiger partial charge < -0.3 is 9.72 Å². The van der Waals surface area contributed by atoms with Crippen LogP contribution in [-0.2, 0) is 0 Å². The van der Waals surface area contributed by atoms with Gasteiger partial charge in [0.05, 0.1) is 6.61 Å². The van der Waals surface area contributed by atoms with E-state index < -0.39 is 0 Å². The summed E-state index contributed by atoms with van der Waals surface area (Å²) in [5.41, 5.74) is 2.64. The molecule has 24 heavy (non-hydrogen) atoms. The van der Waals surface area contributed by atoms with Crippen molar-refractivity contribution < 1.29 is 4.74 Å². The van der Waals surface area contributed by atoms with E-state index in [2.05, 4.69) is 20.2 Å². The monoisotopic (exact) mass is 336 g/mol. The zero-order chi connectivity index (χ0) is 16.2. The summed E-state index contributed by atoms with van der Waals surface area (Å²) in [6, 6.07) is 17.9. The Bertz CT molecular complexity index is 955. The molecule has 4 rings (SSSR count). The maximum absolute atomic E-state index is 5.68. The van der Waals surface area contributed by atoms with Crippen LogP contribution in [0.3, 0.4) is 0 Å². The van der Waals surface area contributed by atoms with Gasteiger partial charge in [-0.3, -0.25) is 0 Å². The highest BCUT2D eigenvalue weighted by Gasteiger charge is 2.08. The molecule has 5 nitrogen and oxygen atoms in total. The van der Waals surface area contributed by atoms with Crippen molar-refractivity contribution in [2.45, 2.75) is 11.6 Å². The Balaban J connectivity index is 1.36. The van der Waals surface area contributed by atoms with Gasteiger partial charge in [0, 0.05) is 16.7 Å². The molecule has 2 aromatic carbocycles. The van der Waals surface area contributed by atoms with E-state index in [1.807, 2.05) is 54.6 Å². The molecule has 2 heterocycles. The van der Waals surface area contributed by atoms with Gasteiger partial charge in [0.25, 0.3) is 0 Å². The first-order valence-electron chi connectivity index (χ1n) is 7.82. The van der Waals surface area contributed by atoms with Crippen molar-refractivity contribution in [3.8, 4) is 5.75 Å². The third kappa shape index (κ3) is 3.19. The van der Waals surface area contributed by atoms with Gasteiger partial charge in [0.2, 0.25) is 5.16 Å². The highest BCUT2D eigenvalue weighted by atomic mass is 32.2. The molecule has 4 aromatic rings. The van der Waals surface area contributed by atoms with Crippen molar-refractivity contribution in [1.82, 2.24) is 20.2 Å². The average Bonchev–Trinajstić information content (AvgIpc) is 3.00. The molecule has 0 radical (unpaired) electrons. The molecular weight excluding hydrogens is 320 g/mol. The zero-order valence-corrected chi connectivity index (χ0v) is 13.8. The Hall–Kier alpha value is -2.60. The third-order valence-corrected chi connectivity index (χ3v) is 4.56. The number of hydrogen-bond acceptors (Lipinski definition) is 5. The van der Waals surface area contributed by atoms with Crippen molar-refractivity contribution in [2.75, 3.05) is 12.4 Å². The van der Waals surface area contributed by atoms with Crippen LogP contribution in [-0.4, -0.2) is 32.5 Å². The molecule has 0 spiro atoms. The minimum atomic E-state index is 0.680. The molecule has 2 aromatic heterocycles. The molecular formula is C18H16N4OS. The summed E-state index contributed by atoms with van der Waals surface area (Å²) in [4.78, 5) is 7.85. The number of hydrogen-bond donors (Lipinski definition) is 1. The molecule has 0 bridgehead atoms. The Morgan fingerprint density at radius 1 is 0.958 bits per heavy atom. The van der Waals surface area contributed by atoms with E-state index in [4.69, 9.17) is 4.74 Å². The number of nitrogens with zero attached hydrogens (tertiary/aromatic N) is 3. The number of thioether (sulfide) groups is 1. The van der Waals surface area contributed by atoms with E-state index in [1.165, 1.54) is 0 Å². The van der Waals surface area contributed by atoms with Crippen LogP contribution in [0.25, 0.3) is 22.1 Å². The summed E-state index contributed by atoms with van der Waals surface area (Å²) in [6.45, 7) is 0.680. The number of ether oxygens (including phenoxy) is 1. The number of para-hydroxylation sites is 2. The van der Waals surface area contributed by atoms with Gasteiger partial charge >= 0.3 is 0 Å². The van der Waals surface area contributed by atoms with Crippen LogP contribution in [0, 0.1) is 0 Å². The first kappa shape index (κ1) is 15.0. The quantitative estimate of drug-likeness (QED) is 0.425. The van der Waals surface area contributed by atoms with Crippen molar-refractivity contribution in [2.24, 2.45) is 0 Å². The van der Waals surface area contributed by atoms with E-state index in [0.717, 1.165) is 40.0 Å². The first-order chi connectivity index (χ1) is 11.9. The van der Waals surface area contributed by atoms with Crippen LogP contribution in [0.5, 0.6) is 5.75 Å². The zero-order valence-electron chi connectivity index (χ0n) is 13.0. The number of rotatable bonds is 6. The highest BCUT2D eigenvalue weighted by Crippen LogP contribution is 2.23. The summed E-state index contributed by atoms with van der Waals surface area (Å²) < 4.78 is 5.68. The van der Waals surface area contributed by atoms with Crippen molar-refractivity contribution in [3.05, 3.63) is 54.6 Å². The molecule has 0 amide bonds. The molecule has 1 N–H and O–H groups in total. The summed E-state index contributed by atoms with van der Waals surface area (Å²) in [5, 5.41) is 10.3. The normalized spacial score (nSPS) is 11.2. The highest BCUT2D eigenvalue weighted by molar-refractivity contribution is 7.99. The Kier molecular flexibility index (Phi) is 4.29. The molecule has 6 heteroatoms. The summed E-state index contributed by atoms with van der Waals surface area (Å²) >= 11 is 1.60. The van der Waals surface area contributed by atoms with Crippen LogP contribution >= 0.6 is 11.8 Å². The Morgan fingerprint density at radius 3 is 2.71 bits per heavy atom. The van der Waals surface area contributed by atoms with Gasteiger partial charge in [-0.25, -0.2) is 4.98 Å². The minimum Gasteiger partial charge on any atom is -0.494 e. The molecule has 0 saturated carbocycles. The number of nitrogens with one attached hydrogen (secondary N) is 1. The average molecular weight is 336 g/mol. The smallest absolute Gasteiger partial charge is 0.211 e. The van der Waals surface area contributed by atoms with E-state index in [0.29, 0.717) is 11.8 Å². The van der Waals surface area contributed by atoms with Crippen LogP contribution in [0.1, 0.15) is 6.42 Å². The Morgan fingerprint density at radius 2 is 1.79 bits per heavy atom. The lowest BCUT2D eigenvalue weighted by atomic mass is 10.2. The molecule has 0 aliphatic rings. The summed E-state index contributed by atoms with van der Waals surface area (Å²) in [5.74, 6) is 1.79. The molecule has 0 unspecified atom stereocenters. The largest absolute Gasteiger partial charge is 0.494 e. The standard InChI is InChI=1S/C18H16N4OS/c1-2-7-13(8-3-1)23-11-6-12-24-18-20-17-16(21-22-18)14-9-4-5-10-15(14)19-17/h1-5,7-10H,6,11-12H2,(H,19,20,22). The molecule has 0 aliphatic carbocycles. The molecule has 0 aliphatic heterocycles. The van der Waals surface area contributed by atoms with E-state index in [1.54, 1.807) is 11.8 Å². The minimum absolute atomic E-state index is 0.680. The van der Waals surface area contributed by atoms with E-state index in [-0.39, 0.29) is 0 Å². The van der Waals surface area contributed by atoms with Crippen LogP contribution < -0.4 is 4.74 Å². The van der Waals surface area contributed by atoms with E-state index in [9.17, 15) is 0 Å². The maximum Gasteiger partial charge on any atom is 0.211 e. The second kappa shape index (κ2) is 6.88. The van der Waals surface area contributed by atoms with Gasteiger partial charge in [-0.05, 0) is 24.6 Å². The van der Waals surface area contributed by atoms with Gasteiger partial charge in [-0.15, -0.1) is 10.2 Å². The van der Waals surface area contributed by atoms with Crippen molar-refractivity contribution >= 4 is 33.8 Å². The molecule has 0 fully saturated rings. The first-order valence-corrected chi connectivity index (χ1v) is 8.80. The van der Waals surface area contributed by atoms with Gasteiger partial charge in [-0.1, -0.05) is 48.2 Å². The topological polar surface area (TPSA) is 63.7 Å². The fourth-order valence-corrected chi connectivity index (χ4v) is 3.20. The lowest BCUT2D eigenvalue weighted by molar-refractivity contribution is 0.318. The molecule has 0 saturated heterocycles. The maximum atomic E-state index is 5.68. The Labute approximate surface area is 143 Å².